The van der Waals surface area contributed by atoms with E-state index >= 15 is 0 Å². The number of sulfonamides is 1. The van der Waals surface area contributed by atoms with E-state index in [1.54, 1.807) is 24.3 Å². The predicted molar refractivity (Wildman–Crippen MR) is 117 cm³/mol. The SMILES string of the molecule is Cc1ccc(S(=O)(=O)/N=C2/OC[C@H]3C[C@@H](c4ccccc4)C4(CCCC4)CN23)cc1. The van der Waals surface area contributed by atoms with Crippen LogP contribution >= 0.6 is 0 Å². The van der Waals surface area contributed by atoms with Gasteiger partial charge in [0.1, 0.15) is 6.61 Å². The van der Waals surface area contributed by atoms with Gasteiger partial charge in [-0.3, -0.25) is 0 Å². The van der Waals surface area contributed by atoms with E-state index in [4.69, 9.17) is 4.74 Å². The topological polar surface area (TPSA) is 59.0 Å². The highest BCUT2D eigenvalue weighted by Gasteiger charge is 2.52. The molecule has 0 unspecified atom stereocenters. The van der Waals surface area contributed by atoms with E-state index in [2.05, 4.69) is 39.6 Å². The molecule has 30 heavy (non-hydrogen) atoms. The number of hydrogen-bond acceptors (Lipinski definition) is 3. The molecule has 2 aromatic carbocycles. The maximum absolute atomic E-state index is 12.9. The Labute approximate surface area is 178 Å². The average Bonchev–Trinajstić information content (AvgIpc) is 3.36. The fourth-order valence-corrected chi connectivity index (χ4v) is 6.52. The van der Waals surface area contributed by atoms with Crippen LogP contribution in [0.1, 0.15) is 49.1 Å². The molecule has 2 aliphatic heterocycles. The Morgan fingerprint density at radius 2 is 1.73 bits per heavy atom. The molecule has 5 rings (SSSR count). The number of rotatable bonds is 3. The summed E-state index contributed by atoms with van der Waals surface area (Å²) < 4.78 is 35.8. The van der Waals surface area contributed by atoms with Crippen LogP contribution in [0.3, 0.4) is 0 Å². The summed E-state index contributed by atoms with van der Waals surface area (Å²) in [6, 6.07) is 18.1. The number of piperidine rings is 1. The van der Waals surface area contributed by atoms with Crippen molar-refractivity contribution in [1.29, 1.82) is 0 Å². The molecule has 0 amide bonds. The van der Waals surface area contributed by atoms with Crippen molar-refractivity contribution in [2.24, 2.45) is 9.81 Å². The molecule has 2 saturated heterocycles. The number of ether oxygens (including phenoxy) is 1. The van der Waals surface area contributed by atoms with E-state index < -0.39 is 10.0 Å². The molecule has 5 nitrogen and oxygen atoms in total. The molecule has 3 aliphatic rings. The summed E-state index contributed by atoms with van der Waals surface area (Å²) in [7, 11) is -3.79. The molecule has 1 aliphatic carbocycles. The van der Waals surface area contributed by atoms with Crippen LogP contribution in [0.15, 0.2) is 63.9 Å². The zero-order valence-corrected chi connectivity index (χ0v) is 18.1. The van der Waals surface area contributed by atoms with Gasteiger partial charge in [0.05, 0.1) is 10.9 Å². The van der Waals surface area contributed by atoms with Crippen LogP contribution in [0.4, 0.5) is 0 Å². The van der Waals surface area contributed by atoms with Gasteiger partial charge in [-0.2, -0.15) is 8.42 Å². The lowest BCUT2D eigenvalue weighted by molar-refractivity contribution is 0.0833. The van der Waals surface area contributed by atoms with E-state index in [1.165, 1.54) is 31.2 Å². The van der Waals surface area contributed by atoms with Crippen molar-refractivity contribution in [3.63, 3.8) is 0 Å². The zero-order chi connectivity index (χ0) is 20.8. The van der Waals surface area contributed by atoms with E-state index in [9.17, 15) is 8.42 Å². The number of hydrogen-bond donors (Lipinski definition) is 0. The third kappa shape index (κ3) is 3.41. The maximum atomic E-state index is 12.9. The van der Waals surface area contributed by atoms with Crippen molar-refractivity contribution in [3.8, 4) is 0 Å². The molecule has 1 saturated carbocycles. The van der Waals surface area contributed by atoms with Crippen molar-refractivity contribution in [1.82, 2.24) is 4.90 Å². The first kappa shape index (κ1) is 19.6. The van der Waals surface area contributed by atoms with Gasteiger partial charge in [0.15, 0.2) is 0 Å². The number of amidine groups is 1. The lowest BCUT2D eigenvalue weighted by Gasteiger charge is -2.48. The van der Waals surface area contributed by atoms with Crippen LogP contribution in [0, 0.1) is 12.3 Å². The summed E-state index contributed by atoms with van der Waals surface area (Å²) in [4.78, 5) is 2.35. The Bertz CT molecular complexity index is 1040. The highest BCUT2D eigenvalue weighted by molar-refractivity contribution is 7.90. The molecule has 6 heteroatoms. The molecule has 2 heterocycles. The standard InChI is InChI=1S/C24H28N2O3S/c1-18-9-11-21(12-10-18)30(27,28)25-23-26-17-24(13-5-6-14-24)22(15-20(26)16-29-23)19-7-3-2-4-8-19/h2-4,7-12,20,22H,5-6,13-17H2,1H3/b25-23+/t20-,22+/m1/s1. The largest absolute Gasteiger partial charge is 0.462 e. The van der Waals surface area contributed by atoms with Gasteiger partial charge in [-0.15, -0.1) is 4.40 Å². The second-order valence-corrected chi connectivity index (χ2v) is 10.6. The predicted octanol–water partition coefficient (Wildman–Crippen LogP) is 4.49. The molecule has 1 spiro atoms. The quantitative estimate of drug-likeness (QED) is 0.729. The van der Waals surface area contributed by atoms with Gasteiger partial charge in [-0.25, -0.2) is 0 Å². The Morgan fingerprint density at radius 1 is 1.03 bits per heavy atom. The number of aryl methyl sites for hydroxylation is 1. The van der Waals surface area contributed by atoms with Gasteiger partial charge >= 0.3 is 6.02 Å². The smallest absolute Gasteiger partial charge is 0.303 e. The minimum atomic E-state index is -3.79. The Morgan fingerprint density at radius 3 is 2.43 bits per heavy atom. The first-order chi connectivity index (χ1) is 14.5. The molecular weight excluding hydrogens is 396 g/mol. The summed E-state index contributed by atoms with van der Waals surface area (Å²) in [5.74, 6) is 0.485. The van der Waals surface area contributed by atoms with Crippen LogP contribution in [0.25, 0.3) is 0 Å². The fourth-order valence-electron chi connectivity index (χ4n) is 5.57. The van der Waals surface area contributed by atoms with Gasteiger partial charge in [0.25, 0.3) is 10.0 Å². The van der Waals surface area contributed by atoms with E-state index in [-0.39, 0.29) is 22.4 Å². The molecule has 0 bridgehead atoms. The third-order valence-corrected chi connectivity index (χ3v) is 8.41. The maximum Gasteiger partial charge on any atom is 0.303 e. The average molecular weight is 425 g/mol. The van der Waals surface area contributed by atoms with Crippen LogP contribution in [-0.2, 0) is 14.8 Å². The summed E-state index contributed by atoms with van der Waals surface area (Å²) in [6.45, 7) is 3.26. The van der Waals surface area contributed by atoms with Gasteiger partial charge in [-0.05, 0) is 55.2 Å². The highest BCUT2D eigenvalue weighted by Crippen LogP contribution is 2.55. The second-order valence-electron chi connectivity index (χ2n) is 9.02. The Hall–Kier alpha value is -2.34. The van der Waals surface area contributed by atoms with E-state index in [0.717, 1.165) is 18.5 Å². The number of nitrogens with zero attached hydrogens (tertiary/aromatic N) is 2. The Kier molecular flexibility index (Phi) is 4.85. The zero-order valence-electron chi connectivity index (χ0n) is 17.3. The summed E-state index contributed by atoms with van der Waals surface area (Å²) >= 11 is 0. The lowest BCUT2D eigenvalue weighted by Crippen LogP contribution is -2.51. The molecule has 0 radical (unpaired) electrons. The molecule has 158 valence electrons. The first-order valence-electron chi connectivity index (χ1n) is 10.8. The third-order valence-electron chi connectivity index (χ3n) is 7.14. The van der Waals surface area contributed by atoms with Crippen LogP contribution in [0.2, 0.25) is 0 Å². The molecular formula is C24H28N2O3S. The number of benzene rings is 2. The normalized spacial score (nSPS) is 26.7. The fraction of sp³-hybridized carbons (Fsp3) is 0.458. The summed E-state index contributed by atoms with van der Waals surface area (Å²) in [6.07, 6.45) is 5.79. The molecule has 2 aromatic rings. The van der Waals surface area contributed by atoms with Gasteiger partial charge in [-0.1, -0.05) is 60.9 Å². The highest BCUT2D eigenvalue weighted by atomic mass is 32.2. The second kappa shape index (κ2) is 7.41. The van der Waals surface area contributed by atoms with Gasteiger partial charge in [0, 0.05) is 6.54 Å². The minimum absolute atomic E-state index is 0.167. The minimum Gasteiger partial charge on any atom is -0.462 e. The molecule has 0 N–H and O–H groups in total. The molecule has 0 aromatic heterocycles. The van der Waals surface area contributed by atoms with Crippen molar-refractivity contribution < 1.29 is 13.2 Å². The van der Waals surface area contributed by atoms with E-state index in [0.29, 0.717) is 12.5 Å². The summed E-state index contributed by atoms with van der Waals surface area (Å²) in [5, 5.41) is 0. The van der Waals surface area contributed by atoms with Crippen molar-refractivity contribution in [3.05, 3.63) is 65.7 Å². The molecule has 3 fully saturated rings. The molecule has 2 atom stereocenters. The van der Waals surface area contributed by atoms with Crippen LogP contribution in [-0.4, -0.2) is 38.5 Å². The van der Waals surface area contributed by atoms with E-state index in [1.807, 2.05) is 6.92 Å². The van der Waals surface area contributed by atoms with Gasteiger partial charge < -0.3 is 9.64 Å². The lowest BCUT2D eigenvalue weighted by atomic mass is 9.65. The van der Waals surface area contributed by atoms with Crippen molar-refractivity contribution in [2.45, 2.75) is 55.9 Å². The Balaban J connectivity index is 1.46. The summed E-state index contributed by atoms with van der Waals surface area (Å²) in [5.41, 5.74) is 2.58. The van der Waals surface area contributed by atoms with Crippen LogP contribution in [0.5, 0.6) is 0 Å². The van der Waals surface area contributed by atoms with Gasteiger partial charge in [0.2, 0.25) is 0 Å². The van der Waals surface area contributed by atoms with Crippen LogP contribution < -0.4 is 0 Å². The first-order valence-corrected chi connectivity index (χ1v) is 12.3. The van der Waals surface area contributed by atoms with Crippen molar-refractivity contribution >= 4 is 16.0 Å². The monoisotopic (exact) mass is 424 g/mol. The number of fused-ring (bicyclic) bond motifs is 1. The van der Waals surface area contributed by atoms with Crippen molar-refractivity contribution in [2.75, 3.05) is 13.2 Å².